The number of rotatable bonds is 6. The number of hydrogen-bond acceptors (Lipinski definition) is 3. The lowest BCUT2D eigenvalue weighted by atomic mass is 9.98. The summed E-state index contributed by atoms with van der Waals surface area (Å²) in [5.41, 5.74) is 0. The van der Waals surface area contributed by atoms with E-state index in [1.807, 2.05) is 0 Å². The molecule has 1 aliphatic carbocycles. The lowest BCUT2D eigenvalue weighted by Gasteiger charge is -2.20. The number of hydrogen-bond donors (Lipinski definition) is 2. The van der Waals surface area contributed by atoms with Crippen LogP contribution >= 0.6 is 0 Å². The van der Waals surface area contributed by atoms with Crippen molar-refractivity contribution in [2.75, 3.05) is 19.6 Å². The zero-order valence-electron chi connectivity index (χ0n) is 14.8. The number of nitrogens with zero attached hydrogens (tertiary/aromatic N) is 1. The van der Waals surface area contributed by atoms with E-state index in [1.54, 1.807) is 6.92 Å². The van der Waals surface area contributed by atoms with Crippen molar-refractivity contribution in [3.63, 3.8) is 0 Å². The van der Waals surface area contributed by atoms with E-state index in [1.165, 1.54) is 25.7 Å². The molecule has 0 aromatic carbocycles. The van der Waals surface area contributed by atoms with E-state index in [9.17, 15) is 9.59 Å². The molecule has 1 aliphatic heterocycles. The fourth-order valence-electron chi connectivity index (χ4n) is 4.08. The van der Waals surface area contributed by atoms with Gasteiger partial charge < -0.3 is 10.6 Å². The lowest BCUT2D eigenvalue weighted by Crippen LogP contribution is -2.43. The molecule has 5 nitrogen and oxygen atoms in total. The summed E-state index contributed by atoms with van der Waals surface area (Å²) in [5, 5.41) is 6.28. The Bertz CT molecular complexity index is 392. The molecule has 132 valence electrons. The van der Waals surface area contributed by atoms with E-state index in [2.05, 4.69) is 22.5 Å². The maximum Gasteiger partial charge on any atom is 0.234 e. The highest BCUT2D eigenvalue weighted by molar-refractivity contribution is 5.78. The zero-order chi connectivity index (χ0) is 16.7. The van der Waals surface area contributed by atoms with Gasteiger partial charge in [0.1, 0.15) is 0 Å². The maximum absolute atomic E-state index is 12.3. The Kier molecular flexibility index (Phi) is 7.34. The molecule has 0 spiro atoms. The molecule has 23 heavy (non-hydrogen) atoms. The summed E-state index contributed by atoms with van der Waals surface area (Å²) in [6.07, 6.45) is 9.53. The molecule has 2 atom stereocenters. The van der Waals surface area contributed by atoms with E-state index >= 15 is 0 Å². The first-order valence-electron chi connectivity index (χ1n) is 9.37. The number of carbonyl (C=O) groups excluding carboxylic acids is 2. The van der Waals surface area contributed by atoms with Crippen molar-refractivity contribution in [2.24, 2.45) is 5.92 Å². The zero-order valence-corrected chi connectivity index (χ0v) is 14.8. The van der Waals surface area contributed by atoms with Gasteiger partial charge in [-0.1, -0.05) is 39.0 Å². The average Bonchev–Trinajstić information content (AvgIpc) is 2.69. The molecule has 2 N–H and O–H groups in total. The second-order valence-corrected chi connectivity index (χ2v) is 7.31. The number of amides is 2. The molecule has 1 saturated heterocycles. The molecule has 2 fully saturated rings. The van der Waals surface area contributed by atoms with Gasteiger partial charge in [-0.05, 0) is 25.2 Å². The van der Waals surface area contributed by atoms with Crippen LogP contribution in [0.3, 0.4) is 0 Å². The van der Waals surface area contributed by atoms with E-state index in [0.29, 0.717) is 18.5 Å². The lowest BCUT2D eigenvalue weighted by molar-refractivity contribution is -0.122. The first kappa shape index (κ1) is 18.2. The van der Waals surface area contributed by atoms with E-state index in [4.69, 9.17) is 0 Å². The molecule has 2 rings (SSSR count). The Morgan fingerprint density at radius 1 is 1.04 bits per heavy atom. The van der Waals surface area contributed by atoms with Crippen molar-refractivity contribution in [3.8, 4) is 0 Å². The molecular weight excluding hydrogens is 290 g/mol. The van der Waals surface area contributed by atoms with E-state index < -0.39 is 0 Å². The van der Waals surface area contributed by atoms with Crippen molar-refractivity contribution in [1.29, 1.82) is 0 Å². The minimum Gasteiger partial charge on any atom is -0.352 e. The minimum atomic E-state index is 0.0286. The molecule has 0 unspecified atom stereocenters. The monoisotopic (exact) mass is 323 g/mol. The Labute approximate surface area is 140 Å². The third-order valence-electron chi connectivity index (χ3n) is 5.15. The molecule has 2 aliphatic rings. The molecule has 0 aromatic rings. The third kappa shape index (κ3) is 6.13. The van der Waals surface area contributed by atoms with Crippen molar-refractivity contribution in [2.45, 2.75) is 77.3 Å². The molecule has 2 amide bonds. The van der Waals surface area contributed by atoms with Crippen LogP contribution in [-0.2, 0) is 9.59 Å². The predicted octanol–water partition coefficient (Wildman–Crippen LogP) is 2.06. The summed E-state index contributed by atoms with van der Waals surface area (Å²) in [7, 11) is 0. The van der Waals surface area contributed by atoms with Gasteiger partial charge in [-0.15, -0.1) is 0 Å². The highest BCUT2D eigenvalue weighted by Crippen LogP contribution is 2.22. The van der Waals surface area contributed by atoms with Gasteiger partial charge in [0.25, 0.3) is 0 Å². The number of likely N-dealkylation sites (tertiary alicyclic amines) is 1. The standard InChI is InChI=1S/C18H33N3O2/c1-3-8-15-11-21(12-17(15)19-14(2)22)13-18(23)20-16-9-6-4-5-7-10-16/h15-17H,3-13H2,1-2H3,(H,19,22)(H,20,23)/t15-,17-/m0/s1. The van der Waals surface area contributed by atoms with Crippen LogP contribution in [0.1, 0.15) is 65.2 Å². The second-order valence-electron chi connectivity index (χ2n) is 7.31. The van der Waals surface area contributed by atoms with Crippen LogP contribution in [0.15, 0.2) is 0 Å². The van der Waals surface area contributed by atoms with Crippen LogP contribution in [-0.4, -0.2) is 48.4 Å². The molecule has 5 heteroatoms. The van der Waals surface area contributed by atoms with Gasteiger partial charge in [0.15, 0.2) is 0 Å². The van der Waals surface area contributed by atoms with Gasteiger partial charge in [-0.3, -0.25) is 14.5 Å². The summed E-state index contributed by atoms with van der Waals surface area (Å²) in [5.74, 6) is 0.645. The number of nitrogens with one attached hydrogen (secondary N) is 2. The quantitative estimate of drug-likeness (QED) is 0.736. The van der Waals surface area contributed by atoms with Crippen LogP contribution in [0.2, 0.25) is 0 Å². The van der Waals surface area contributed by atoms with Gasteiger partial charge in [0.2, 0.25) is 11.8 Å². The minimum absolute atomic E-state index is 0.0286. The summed E-state index contributed by atoms with van der Waals surface area (Å²) < 4.78 is 0. The SMILES string of the molecule is CCC[C@H]1CN(CC(=O)NC2CCCCCC2)C[C@@H]1NC(C)=O. The Morgan fingerprint density at radius 2 is 1.74 bits per heavy atom. The molecule has 0 radical (unpaired) electrons. The van der Waals surface area contributed by atoms with Gasteiger partial charge in [0.05, 0.1) is 6.54 Å². The molecule has 0 aromatic heterocycles. The number of carbonyl (C=O) groups is 2. The van der Waals surface area contributed by atoms with E-state index in [0.717, 1.165) is 38.8 Å². The highest BCUT2D eigenvalue weighted by Gasteiger charge is 2.33. The fourth-order valence-corrected chi connectivity index (χ4v) is 4.08. The summed E-state index contributed by atoms with van der Waals surface area (Å²) in [6, 6.07) is 0.559. The Morgan fingerprint density at radius 3 is 2.35 bits per heavy atom. The maximum atomic E-state index is 12.3. The van der Waals surface area contributed by atoms with Crippen LogP contribution < -0.4 is 10.6 Å². The first-order valence-corrected chi connectivity index (χ1v) is 9.37. The van der Waals surface area contributed by atoms with Crippen LogP contribution in [0.5, 0.6) is 0 Å². The third-order valence-corrected chi connectivity index (χ3v) is 5.15. The van der Waals surface area contributed by atoms with Crippen molar-refractivity contribution >= 4 is 11.8 Å². The van der Waals surface area contributed by atoms with Gasteiger partial charge in [-0.25, -0.2) is 0 Å². The normalized spacial score (nSPS) is 26.7. The van der Waals surface area contributed by atoms with Gasteiger partial charge in [0, 0.05) is 32.1 Å². The average molecular weight is 323 g/mol. The van der Waals surface area contributed by atoms with E-state index in [-0.39, 0.29) is 17.9 Å². The van der Waals surface area contributed by atoms with Crippen LogP contribution in [0.25, 0.3) is 0 Å². The largest absolute Gasteiger partial charge is 0.352 e. The predicted molar refractivity (Wildman–Crippen MR) is 92.1 cm³/mol. The van der Waals surface area contributed by atoms with Crippen molar-refractivity contribution in [1.82, 2.24) is 15.5 Å². The first-order chi connectivity index (χ1) is 11.1. The molecule has 0 bridgehead atoms. The van der Waals surface area contributed by atoms with Gasteiger partial charge >= 0.3 is 0 Å². The van der Waals surface area contributed by atoms with Crippen LogP contribution in [0, 0.1) is 5.92 Å². The highest BCUT2D eigenvalue weighted by atomic mass is 16.2. The van der Waals surface area contributed by atoms with Gasteiger partial charge in [-0.2, -0.15) is 0 Å². The Balaban J connectivity index is 1.79. The topological polar surface area (TPSA) is 61.4 Å². The fraction of sp³-hybridized carbons (Fsp3) is 0.889. The molecule has 1 saturated carbocycles. The smallest absolute Gasteiger partial charge is 0.234 e. The molecular formula is C18H33N3O2. The summed E-state index contributed by atoms with van der Waals surface area (Å²) >= 11 is 0. The van der Waals surface area contributed by atoms with Crippen LogP contribution in [0.4, 0.5) is 0 Å². The summed E-state index contributed by atoms with van der Waals surface area (Å²) in [6.45, 7) is 5.92. The second kappa shape index (κ2) is 9.26. The Hall–Kier alpha value is -1.10. The van der Waals surface area contributed by atoms with Crippen molar-refractivity contribution < 1.29 is 9.59 Å². The molecule has 1 heterocycles. The summed E-state index contributed by atoms with van der Waals surface area (Å²) in [4.78, 5) is 25.9. The van der Waals surface area contributed by atoms with Crippen molar-refractivity contribution in [3.05, 3.63) is 0 Å².